The molecule has 1 aromatic heterocycles. The van der Waals surface area contributed by atoms with Gasteiger partial charge in [0.25, 0.3) is 0 Å². The van der Waals surface area contributed by atoms with E-state index < -0.39 is 0 Å². The first-order valence-electron chi connectivity index (χ1n) is 7.56. The van der Waals surface area contributed by atoms with E-state index in [9.17, 15) is 4.79 Å². The molecule has 0 spiro atoms. The summed E-state index contributed by atoms with van der Waals surface area (Å²) >= 11 is 1.44. The highest BCUT2D eigenvalue weighted by Gasteiger charge is 2.33. The van der Waals surface area contributed by atoms with Crippen LogP contribution < -0.4 is 11.1 Å². The second-order valence-corrected chi connectivity index (χ2v) is 7.03. The van der Waals surface area contributed by atoms with Crippen molar-refractivity contribution >= 4 is 28.0 Å². The first-order chi connectivity index (χ1) is 10.1. The number of likely N-dealkylation sites (N-methyl/N-ethyl adjacent to an activating group) is 1. The third-order valence-electron chi connectivity index (χ3n) is 4.51. The van der Waals surface area contributed by atoms with E-state index in [4.69, 9.17) is 10.5 Å². The molecule has 3 N–H and O–H groups in total. The summed E-state index contributed by atoms with van der Waals surface area (Å²) in [5.41, 5.74) is 7.95. The topological polar surface area (TPSA) is 67.6 Å². The minimum absolute atomic E-state index is 0.328. The van der Waals surface area contributed by atoms with Gasteiger partial charge in [-0.05, 0) is 45.2 Å². The van der Waals surface area contributed by atoms with Crippen molar-refractivity contribution in [3.63, 3.8) is 0 Å². The van der Waals surface area contributed by atoms with Crippen LogP contribution in [-0.2, 0) is 4.74 Å². The van der Waals surface area contributed by atoms with Crippen LogP contribution in [0.2, 0.25) is 0 Å². The van der Waals surface area contributed by atoms with Crippen LogP contribution in [0.3, 0.4) is 0 Å². The fraction of sp³-hybridized carbons (Fsp3) is 0.667. The largest absolute Gasteiger partial charge is 0.465 e. The van der Waals surface area contributed by atoms with Gasteiger partial charge >= 0.3 is 5.97 Å². The highest BCUT2D eigenvalue weighted by molar-refractivity contribution is 7.18. The number of hydrogen-bond acceptors (Lipinski definition) is 6. The molecule has 0 bridgehead atoms. The van der Waals surface area contributed by atoms with Crippen LogP contribution in [0.5, 0.6) is 0 Å². The lowest BCUT2D eigenvalue weighted by Gasteiger charge is -2.20. The molecule has 1 aliphatic heterocycles. The second-order valence-electron chi connectivity index (χ2n) is 6.01. The fourth-order valence-corrected chi connectivity index (χ4v) is 4.19. The first-order valence-corrected chi connectivity index (χ1v) is 8.38. The predicted octanol–water partition coefficient (Wildman–Crippen LogP) is 2.50. The molecule has 1 aromatic rings. The van der Waals surface area contributed by atoms with E-state index in [0.29, 0.717) is 22.5 Å². The Morgan fingerprint density at radius 2 is 2.24 bits per heavy atom. The van der Waals surface area contributed by atoms with Gasteiger partial charge in [0.1, 0.15) is 4.88 Å². The number of likely N-dealkylation sites (tertiary alicyclic amines) is 1. The molecule has 5 nitrogen and oxygen atoms in total. The average molecular weight is 309 g/mol. The Bertz CT molecular complexity index is 539. The maximum absolute atomic E-state index is 11.8. The zero-order valence-electron chi connectivity index (χ0n) is 12.6. The number of carbonyl (C=O) groups excluding carboxylic acids is 1. The maximum Gasteiger partial charge on any atom is 0.350 e. The summed E-state index contributed by atoms with van der Waals surface area (Å²) in [5, 5.41) is 4.60. The summed E-state index contributed by atoms with van der Waals surface area (Å²) in [5.74, 6) is 0.189. The van der Waals surface area contributed by atoms with Gasteiger partial charge in [-0.15, -0.1) is 11.3 Å². The Labute approximate surface area is 129 Å². The van der Waals surface area contributed by atoms with Crippen molar-refractivity contribution in [1.82, 2.24) is 4.90 Å². The highest BCUT2D eigenvalue weighted by Crippen LogP contribution is 2.50. The number of nitrogens with two attached hydrogens (primary N) is 1. The number of thiophene rings is 1. The molecule has 0 radical (unpaired) electrons. The summed E-state index contributed by atoms with van der Waals surface area (Å²) in [4.78, 5) is 14.8. The standard InChI is InChI=1S/C15H23N3O2S/c1-18-7-3-4-10(18)8-17-14-11(9-5-6-9)12(16)13(21-14)15(19)20-2/h9-10,17H,3-8,16H2,1-2H3. The van der Waals surface area contributed by atoms with Crippen molar-refractivity contribution in [2.45, 2.75) is 37.6 Å². The Balaban J connectivity index is 1.78. The van der Waals surface area contributed by atoms with Gasteiger partial charge in [0.2, 0.25) is 0 Å². The Kier molecular flexibility index (Phi) is 4.08. The minimum atomic E-state index is -0.328. The number of nitrogens with zero attached hydrogens (tertiary/aromatic N) is 1. The molecule has 1 atom stereocenters. The quantitative estimate of drug-likeness (QED) is 0.818. The zero-order valence-corrected chi connectivity index (χ0v) is 13.5. The minimum Gasteiger partial charge on any atom is -0.465 e. The fourth-order valence-electron chi connectivity index (χ4n) is 3.06. The van der Waals surface area contributed by atoms with Crippen molar-refractivity contribution in [3.05, 3.63) is 10.4 Å². The number of hydrogen-bond donors (Lipinski definition) is 2. The number of ether oxygens (including phenoxy) is 1. The predicted molar refractivity (Wildman–Crippen MR) is 86.2 cm³/mol. The molecule has 1 saturated carbocycles. The monoisotopic (exact) mass is 309 g/mol. The van der Waals surface area contributed by atoms with Gasteiger partial charge < -0.3 is 20.7 Å². The lowest BCUT2D eigenvalue weighted by molar-refractivity contribution is 0.0607. The zero-order chi connectivity index (χ0) is 15.0. The summed E-state index contributed by atoms with van der Waals surface area (Å²) in [6, 6.07) is 0.571. The molecule has 3 rings (SSSR count). The Morgan fingerprint density at radius 1 is 1.48 bits per heavy atom. The van der Waals surface area contributed by atoms with E-state index in [-0.39, 0.29) is 5.97 Å². The molecule has 0 aromatic carbocycles. The van der Waals surface area contributed by atoms with Crippen molar-refractivity contribution in [3.8, 4) is 0 Å². The number of esters is 1. The van der Waals surface area contributed by atoms with Crippen LogP contribution in [0, 0.1) is 0 Å². The number of carbonyl (C=O) groups is 1. The molecular weight excluding hydrogens is 286 g/mol. The normalized spacial score (nSPS) is 22.5. The van der Waals surface area contributed by atoms with Crippen LogP contribution in [0.15, 0.2) is 0 Å². The van der Waals surface area contributed by atoms with Crippen molar-refractivity contribution in [2.75, 3.05) is 38.3 Å². The molecule has 6 heteroatoms. The summed E-state index contributed by atoms with van der Waals surface area (Å²) in [6.45, 7) is 2.08. The molecule has 1 unspecified atom stereocenters. The Hall–Kier alpha value is -1.27. The van der Waals surface area contributed by atoms with E-state index >= 15 is 0 Å². The van der Waals surface area contributed by atoms with Crippen LogP contribution in [0.4, 0.5) is 10.7 Å². The van der Waals surface area contributed by atoms with E-state index in [1.807, 2.05) is 0 Å². The van der Waals surface area contributed by atoms with Gasteiger partial charge in [0.05, 0.1) is 17.8 Å². The van der Waals surface area contributed by atoms with E-state index in [1.165, 1.54) is 50.7 Å². The lowest BCUT2D eigenvalue weighted by Crippen LogP contribution is -2.31. The molecule has 2 fully saturated rings. The van der Waals surface area contributed by atoms with Crippen LogP contribution in [0.1, 0.15) is 46.8 Å². The summed E-state index contributed by atoms with van der Waals surface area (Å²) < 4.78 is 4.84. The van der Waals surface area contributed by atoms with Crippen LogP contribution >= 0.6 is 11.3 Å². The smallest absolute Gasteiger partial charge is 0.350 e. The lowest BCUT2D eigenvalue weighted by atomic mass is 10.1. The number of anilines is 2. The molecule has 1 aliphatic carbocycles. The van der Waals surface area contributed by atoms with Gasteiger partial charge in [0.15, 0.2) is 0 Å². The number of nitrogens with one attached hydrogen (secondary N) is 1. The average Bonchev–Trinajstić information content (AvgIpc) is 3.14. The van der Waals surface area contributed by atoms with Gasteiger partial charge in [-0.2, -0.15) is 0 Å². The van der Waals surface area contributed by atoms with Gasteiger partial charge in [-0.1, -0.05) is 0 Å². The van der Waals surface area contributed by atoms with Gasteiger partial charge in [0, 0.05) is 18.2 Å². The second kappa shape index (κ2) is 5.85. The van der Waals surface area contributed by atoms with Crippen molar-refractivity contribution in [1.29, 1.82) is 0 Å². The summed E-state index contributed by atoms with van der Waals surface area (Å²) in [7, 11) is 3.57. The number of rotatable bonds is 5. The van der Waals surface area contributed by atoms with Gasteiger partial charge in [-0.25, -0.2) is 4.79 Å². The molecular formula is C15H23N3O2S. The number of methoxy groups -OCH3 is 1. The Morgan fingerprint density at radius 3 is 2.81 bits per heavy atom. The SMILES string of the molecule is COC(=O)c1sc(NCC2CCCN2C)c(C2CC2)c1N. The third kappa shape index (κ3) is 2.87. The molecule has 21 heavy (non-hydrogen) atoms. The molecule has 0 amide bonds. The van der Waals surface area contributed by atoms with E-state index in [1.54, 1.807) is 0 Å². The molecule has 2 aliphatic rings. The van der Waals surface area contributed by atoms with Gasteiger partial charge in [-0.3, -0.25) is 0 Å². The van der Waals surface area contributed by atoms with E-state index in [2.05, 4.69) is 17.3 Å². The summed E-state index contributed by atoms with van der Waals surface area (Å²) in [6.07, 6.45) is 4.82. The van der Waals surface area contributed by atoms with Crippen LogP contribution in [0.25, 0.3) is 0 Å². The molecule has 2 heterocycles. The first kappa shape index (κ1) is 14.7. The molecule has 116 valence electrons. The van der Waals surface area contributed by atoms with Crippen LogP contribution in [-0.4, -0.2) is 44.2 Å². The van der Waals surface area contributed by atoms with Crippen molar-refractivity contribution < 1.29 is 9.53 Å². The highest BCUT2D eigenvalue weighted by atomic mass is 32.1. The molecule has 1 saturated heterocycles. The van der Waals surface area contributed by atoms with E-state index in [0.717, 1.165) is 17.1 Å². The number of nitrogen functional groups attached to an aromatic ring is 1. The van der Waals surface area contributed by atoms with Crippen molar-refractivity contribution in [2.24, 2.45) is 0 Å². The third-order valence-corrected chi connectivity index (χ3v) is 5.67. The maximum atomic E-state index is 11.8.